The first-order valence-corrected chi connectivity index (χ1v) is 5.31. The van der Waals surface area contributed by atoms with E-state index in [1.807, 2.05) is 0 Å². The highest BCUT2D eigenvalue weighted by Gasteiger charge is 2.22. The van der Waals surface area contributed by atoms with E-state index < -0.39 is 11.9 Å². The maximum atomic E-state index is 11.9. The molecule has 6 heteroatoms. The van der Waals surface area contributed by atoms with Gasteiger partial charge in [0.05, 0.1) is 26.9 Å². The van der Waals surface area contributed by atoms with Gasteiger partial charge in [0.2, 0.25) is 0 Å². The van der Waals surface area contributed by atoms with Gasteiger partial charge >= 0.3 is 0 Å². The Morgan fingerprint density at radius 2 is 1.67 bits per heavy atom. The van der Waals surface area contributed by atoms with E-state index in [1.165, 1.54) is 33.5 Å². The average molecular weight is 255 g/mol. The molecule has 0 aliphatic rings. The zero-order chi connectivity index (χ0) is 13.7. The number of aliphatic hydroxyl groups is 1. The third-order valence-corrected chi connectivity index (χ3v) is 2.50. The molecule has 100 valence electrons. The molecule has 1 rings (SSSR count). The highest BCUT2D eigenvalue weighted by Crippen LogP contribution is 2.35. The van der Waals surface area contributed by atoms with Crippen LogP contribution in [0.4, 0.5) is 0 Å². The molecule has 0 amide bonds. The Morgan fingerprint density at radius 1 is 1.17 bits per heavy atom. The number of carbonyl (C=O) groups excluding carboxylic acids is 1. The van der Waals surface area contributed by atoms with Gasteiger partial charge < -0.3 is 25.1 Å². The Bertz CT molecular complexity index is 433. The number of aliphatic hydroxyl groups excluding tert-OH is 1. The fourth-order valence-corrected chi connectivity index (χ4v) is 1.51. The van der Waals surface area contributed by atoms with Gasteiger partial charge in [-0.25, -0.2) is 0 Å². The van der Waals surface area contributed by atoms with Gasteiger partial charge in [0.15, 0.2) is 17.3 Å². The standard InChI is InChI=1S/C12H17NO5/c1-16-9-5-11(18-3)10(17-2)4-7(9)12(15)8(14)6-13/h4-5,8,14H,6,13H2,1-3H3. The van der Waals surface area contributed by atoms with E-state index in [0.717, 1.165) is 0 Å². The van der Waals surface area contributed by atoms with Crippen molar-refractivity contribution in [2.45, 2.75) is 6.10 Å². The second-order valence-corrected chi connectivity index (χ2v) is 3.52. The molecule has 6 nitrogen and oxygen atoms in total. The lowest BCUT2D eigenvalue weighted by molar-refractivity contribution is 0.0759. The Morgan fingerprint density at radius 3 is 2.11 bits per heavy atom. The number of ether oxygens (including phenoxy) is 3. The van der Waals surface area contributed by atoms with E-state index in [1.54, 1.807) is 0 Å². The second-order valence-electron chi connectivity index (χ2n) is 3.52. The molecule has 0 fully saturated rings. The fraction of sp³-hybridized carbons (Fsp3) is 0.417. The van der Waals surface area contributed by atoms with Gasteiger partial charge in [0, 0.05) is 12.6 Å². The van der Waals surface area contributed by atoms with Crippen molar-refractivity contribution >= 4 is 5.78 Å². The van der Waals surface area contributed by atoms with Crippen LogP contribution in [0.2, 0.25) is 0 Å². The number of hydrogen-bond acceptors (Lipinski definition) is 6. The first kappa shape index (κ1) is 14.3. The van der Waals surface area contributed by atoms with Crippen LogP contribution >= 0.6 is 0 Å². The molecule has 1 atom stereocenters. The van der Waals surface area contributed by atoms with E-state index in [-0.39, 0.29) is 12.1 Å². The number of nitrogens with two attached hydrogens (primary N) is 1. The Balaban J connectivity index is 3.29. The predicted octanol–water partition coefficient (Wildman–Crippen LogP) is 0.215. The maximum absolute atomic E-state index is 11.9. The number of ketones is 1. The van der Waals surface area contributed by atoms with Crippen LogP contribution in [0.3, 0.4) is 0 Å². The quantitative estimate of drug-likeness (QED) is 0.706. The van der Waals surface area contributed by atoms with Crippen molar-refractivity contribution in [2.75, 3.05) is 27.9 Å². The van der Waals surface area contributed by atoms with Gasteiger partial charge in [-0.1, -0.05) is 0 Å². The van der Waals surface area contributed by atoms with Crippen molar-refractivity contribution < 1.29 is 24.1 Å². The van der Waals surface area contributed by atoms with Crippen LogP contribution in [-0.4, -0.2) is 44.9 Å². The fourth-order valence-electron chi connectivity index (χ4n) is 1.51. The van der Waals surface area contributed by atoms with Crippen LogP contribution in [0.25, 0.3) is 0 Å². The third-order valence-electron chi connectivity index (χ3n) is 2.50. The molecule has 0 heterocycles. The largest absolute Gasteiger partial charge is 0.496 e. The van der Waals surface area contributed by atoms with E-state index in [4.69, 9.17) is 19.9 Å². The summed E-state index contributed by atoms with van der Waals surface area (Å²) in [4.78, 5) is 11.9. The number of rotatable bonds is 6. The van der Waals surface area contributed by atoms with Crippen LogP contribution in [0, 0.1) is 0 Å². The van der Waals surface area contributed by atoms with Crippen LogP contribution in [0.5, 0.6) is 17.2 Å². The number of methoxy groups -OCH3 is 3. The topological polar surface area (TPSA) is 91.0 Å². The average Bonchev–Trinajstić information content (AvgIpc) is 2.43. The summed E-state index contributed by atoms with van der Waals surface area (Å²) in [7, 11) is 4.36. The zero-order valence-corrected chi connectivity index (χ0v) is 10.6. The summed E-state index contributed by atoms with van der Waals surface area (Å²) in [5.74, 6) is 0.597. The molecule has 1 aromatic carbocycles. The SMILES string of the molecule is COc1cc(OC)c(C(=O)C(O)CN)cc1OC. The summed E-state index contributed by atoms with van der Waals surface area (Å²) in [6.45, 7) is -0.156. The van der Waals surface area contributed by atoms with E-state index in [0.29, 0.717) is 17.2 Å². The molecule has 0 bridgehead atoms. The van der Waals surface area contributed by atoms with Crippen molar-refractivity contribution in [1.82, 2.24) is 0 Å². The van der Waals surface area contributed by atoms with Gasteiger partial charge in [-0.3, -0.25) is 4.79 Å². The molecule has 0 aromatic heterocycles. The van der Waals surface area contributed by atoms with Gasteiger partial charge in [-0.2, -0.15) is 0 Å². The summed E-state index contributed by atoms with van der Waals surface area (Å²) in [6, 6.07) is 2.98. The number of hydrogen-bond donors (Lipinski definition) is 2. The molecule has 0 spiro atoms. The predicted molar refractivity (Wildman–Crippen MR) is 65.5 cm³/mol. The Labute approximate surface area is 105 Å². The molecule has 1 unspecified atom stereocenters. The third kappa shape index (κ3) is 2.72. The number of benzene rings is 1. The summed E-state index contributed by atoms with van der Waals surface area (Å²) < 4.78 is 15.3. The van der Waals surface area contributed by atoms with Gasteiger partial charge in [0.1, 0.15) is 11.9 Å². The minimum atomic E-state index is -1.27. The van der Waals surface area contributed by atoms with Crippen molar-refractivity contribution in [3.63, 3.8) is 0 Å². The lowest BCUT2D eigenvalue weighted by Gasteiger charge is -2.14. The smallest absolute Gasteiger partial charge is 0.196 e. The maximum Gasteiger partial charge on any atom is 0.196 e. The molecule has 3 N–H and O–H groups in total. The number of Topliss-reactive ketones (excluding diaryl/α,β-unsaturated/α-hetero) is 1. The highest BCUT2D eigenvalue weighted by atomic mass is 16.5. The summed E-state index contributed by atoms with van der Waals surface area (Å²) in [6.07, 6.45) is -1.27. The van der Waals surface area contributed by atoms with Crippen LogP contribution in [0.15, 0.2) is 12.1 Å². The molecule has 0 saturated heterocycles. The first-order valence-electron chi connectivity index (χ1n) is 5.31. The van der Waals surface area contributed by atoms with E-state index >= 15 is 0 Å². The molecule has 1 aromatic rings. The molecule has 0 saturated carbocycles. The van der Waals surface area contributed by atoms with Crippen molar-refractivity contribution in [2.24, 2.45) is 5.73 Å². The van der Waals surface area contributed by atoms with Gasteiger partial charge in [0.25, 0.3) is 0 Å². The monoisotopic (exact) mass is 255 g/mol. The molecule has 0 radical (unpaired) electrons. The minimum Gasteiger partial charge on any atom is -0.496 e. The molecule has 0 aliphatic carbocycles. The summed E-state index contributed by atoms with van der Waals surface area (Å²) in [5.41, 5.74) is 5.46. The zero-order valence-electron chi connectivity index (χ0n) is 10.6. The van der Waals surface area contributed by atoms with Crippen molar-refractivity contribution in [1.29, 1.82) is 0 Å². The minimum absolute atomic E-state index is 0.156. The number of carbonyl (C=O) groups is 1. The molecule has 0 aliphatic heterocycles. The normalized spacial score (nSPS) is 11.8. The van der Waals surface area contributed by atoms with E-state index in [2.05, 4.69) is 0 Å². The van der Waals surface area contributed by atoms with Gasteiger partial charge in [-0.05, 0) is 6.07 Å². The van der Waals surface area contributed by atoms with Crippen LogP contribution in [-0.2, 0) is 0 Å². The van der Waals surface area contributed by atoms with Gasteiger partial charge in [-0.15, -0.1) is 0 Å². The molecular formula is C12H17NO5. The molecule has 18 heavy (non-hydrogen) atoms. The van der Waals surface area contributed by atoms with Crippen LogP contribution in [0.1, 0.15) is 10.4 Å². The second kappa shape index (κ2) is 6.23. The Kier molecular flexibility index (Phi) is 4.94. The van der Waals surface area contributed by atoms with Crippen molar-refractivity contribution in [3.05, 3.63) is 17.7 Å². The highest BCUT2D eigenvalue weighted by molar-refractivity contribution is 6.02. The van der Waals surface area contributed by atoms with Crippen LogP contribution < -0.4 is 19.9 Å². The first-order chi connectivity index (χ1) is 8.58. The lowest BCUT2D eigenvalue weighted by Crippen LogP contribution is -2.29. The summed E-state index contributed by atoms with van der Waals surface area (Å²) in [5, 5.41) is 9.49. The van der Waals surface area contributed by atoms with E-state index in [9.17, 15) is 9.90 Å². The summed E-state index contributed by atoms with van der Waals surface area (Å²) >= 11 is 0. The Hall–Kier alpha value is -1.79. The molecular weight excluding hydrogens is 238 g/mol. The van der Waals surface area contributed by atoms with Crippen molar-refractivity contribution in [3.8, 4) is 17.2 Å². The lowest BCUT2D eigenvalue weighted by atomic mass is 10.0.